The molecule has 0 aliphatic carbocycles. The summed E-state index contributed by atoms with van der Waals surface area (Å²) in [6.45, 7) is 12.0. The van der Waals surface area contributed by atoms with Crippen LogP contribution in [0.5, 0.6) is 5.75 Å². The van der Waals surface area contributed by atoms with Crippen molar-refractivity contribution in [3.63, 3.8) is 0 Å². The lowest BCUT2D eigenvalue weighted by atomic mass is 9.94. The summed E-state index contributed by atoms with van der Waals surface area (Å²) in [5.41, 5.74) is 8.74. The maximum atomic E-state index is 6.08. The molecule has 0 spiro atoms. The number of hydrogen-bond donors (Lipinski definition) is 0. The molecule has 2 nitrogen and oxygen atoms in total. The van der Waals surface area contributed by atoms with Crippen LogP contribution >= 0.6 is 0 Å². The van der Waals surface area contributed by atoms with Gasteiger partial charge in [-0.25, -0.2) is 0 Å². The van der Waals surface area contributed by atoms with Gasteiger partial charge in [0.15, 0.2) is 0 Å². The van der Waals surface area contributed by atoms with Gasteiger partial charge in [-0.2, -0.15) is 0 Å². The molecule has 0 aliphatic rings. The molecule has 0 bridgehead atoms. The summed E-state index contributed by atoms with van der Waals surface area (Å²) >= 11 is 0. The highest BCUT2D eigenvalue weighted by molar-refractivity contribution is 5.76. The molecular formula is C37H45NO. The monoisotopic (exact) mass is 519 g/mol. The zero-order valence-electron chi connectivity index (χ0n) is 24.5. The fourth-order valence-electron chi connectivity index (χ4n) is 5.29. The Morgan fingerprint density at radius 1 is 0.590 bits per heavy atom. The van der Waals surface area contributed by atoms with E-state index in [0.717, 1.165) is 31.1 Å². The van der Waals surface area contributed by atoms with Gasteiger partial charge < -0.3 is 9.64 Å². The van der Waals surface area contributed by atoms with Gasteiger partial charge in [-0.3, -0.25) is 0 Å². The third kappa shape index (κ3) is 8.48. The lowest BCUT2D eigenvalue weighted by molar-refractivity contribution is 0.232. The van der Waals surface area contributed by atoms with Gasteiger partial charge >= 0.3 is 0 Å². The first-order valence-corrected chi connectivity index (χ1v) is 14.7. The van der Waals surface area contributed by atoms with Crippen LogP contribution in [0.4, 0.5) is 17.1 Å². The van der Waals surface area contributed by atoms with Crippen molar-refractivity contribution in [1.29, 1.82) is 0 Å². The Bertz CT molecular complexity index is 1210. The second kappa shape index (κ2) is 14.0. The largest absolute Gasteiger partial charge is 0.493 e. The molecule has 0 radical (unpaired) electrons. The summed E-state index contributed by atoms with van der Waals surface area (Å²) in [6, 6.07) is 35.2. The third-order valence-electron chi connectivity index (χ3n) is 7.53. The number of nitrogens with zero attached hydrogens (tertiary/aromatic N) is 1. The van der Waals surface area contributed by atoms with Gasteiger partial charge in [0.2, 0.25) is 0 Å². The first kappa shape index (κ1) is 28.5. The van der Waals surface area contributed by atoms with Crippen molar-refractivity contribution in [2.45, 2.75) is 66.7 Å². The summed E-state index contributed by atoms with van der Waals surface area (Å²) < 4.78 is 6.08. The molecule has 0 aromatic heterocycles. The normalized spacial score (nSPS) is 12.6. The molecule has 0 heterocycles. The van der Waals surface area contributed by atoms with E-state index < -0.39 is 0 Å². The van der Waals surface area contributed by atoms with Crippen LogP contribution in [0, 0.1) is 25.7 Å². The van der Waals surface area contributed by atoms with Gasteiger partial charge in [0, 0.05) is 17.1 Å². The Kier molecular flexibility index (Phi) is 10.3. The van der Waals surface area contributed by atoms with Crippen molar-refractivity contribution in [1.82, 2.24) is 0 Å². The van der Waals surface area contributed by atoms with Crippen molar-refractivity contribution in [2.24, 2.45) is 11.8 Å². The summed E-state index contributed by atoms with van der Waals surface area (Å²) in [5.74, 6) is 2.34. The highest BCUT2D eigenvalue weighted by Gasteiger charge is 2.13. The summed E-state index contributed by atoms with van der Waals surface area (Å²) in [7, 11) is 0. The Hall–Kier alpha value is -3.52. The van der Waals surface area contributed by atoms with E-state index in [4.69, 9.17) is 4.74 Å². The predicted octanol–water partition coefficient (Wildman–Crippen LogP) is 10.4. The van der Waals surface area contributed by atoms with E-state index >= 15 is 0 Å². The minimum atomic E-state index is 0.585. The zero-order chi connectivity index (χ0) is 27.6. The number of benzene rings is 4. The average molecular weight is 520 g/mol. The van der Waals surface area contributed by atoms with Crippen molar-refractivity contribution >= 4 is 17.1 Å². The SMILES string of the molecule is CCCC(C)CC(C)COc1ccc(CCc2ccc(N(c3ccc(C)cc3)c3ccc(C)cc3)cc2)cc1. The first-order chi connectivity index (χ1) is 18.9. The van der Waals surface area contributed by atoms with Crippen LogP contribution in [-0.4, -0.2) is 6.61 Å². The van der Waals surface area contributed by atoms with Crippen LogP contribution in [-0.2, 0) is 12.8 Å². The van der Waals surface area contributed by atoms with Crippen LogP contribution < -0.4 is 9.64 Å². The highest BCUT2D eigenvalue weighted by atomic mass is 16.5. The number of hydrogen-bond acceptors (Lipinski definition) is 2. The molecule has 4 aromatic carbocycles. The second-order valence-electron chi connectivity index (χ2n) is 11.4. The topological polar surface area (TPSA) is 12.5 Å². The molecule has 0 aliphatic heterocycles. The molecule has 0 amide bonds. The fourth-order valence-corrected chi connectivity index (χ4v) is 5.29. The van der Waals surface area contributed by atoms with E-state index in [9.17, 15) is 0 Å². The van der Waals surface area contributed by atoms with E-state index in [1.165, 1.54) is 58.6 Å². The highest BCUT2D eigenvalue weighted by Crippen LogP contribution is 2.35. The summed E-state index contributed by atoms with van der Waals surface area (Å²) in [6.07, 6.45) is 5.84. The molecule has 4 aromatic rings. The van der Waals surface area contributed by atoms with E-state index in [2.05, 4.69) is 137 Å². The smallest absolute Gasteiger partial charge is 0.119 e. The third-order valence-corrected chi connectivity index (χ3v) is 7.53. The number of rotatable bonds is 13. The standard InChI is InChI=1S/C37H45NO/c1-6-7-30(4)26-31(5)27-39-37-24-16-33(17-25-37)13-12-32-14-22-36(23-15-32)38(34-18-8-28(2)9-19-34)35-20-10-29(3)11-21-35/h8-11,14-25,30-31H,6-7,12-13,26-27H2,1-5H3. The van der Waals surface area contributed by atoms with Gasteiger partial charge in [-0.1, -0.05) is 93.3 Å². The van der Waals surface area contributed by atoms with Crippen LogP contribution in [0.15, 0.2) is 97.1 Å². The Balaban J connectivity index is 1.35. The van der Waals surface area contributed by atoms with Crippen molar-refractivity contribution in [3.05, 3.63) is 119 Å². The maximum Gasteiger partial charge on any atom is 0.119 e. The fraction of sp³-hybridized carbons (Fsp3) is 0.351. The number of aryl methyl sites for hydroxylation is 4. The molecule has 4 rings (SSSR count). The molecule has 0 saturated heterocycles. The molecule has 2 heteroatoms. The predicted molar refractivity (Wildman–Crippen MR) is 168 cm³/mol. The van der Waals surface area contributed by atoms with Crippen LogP contribution in [0.3, 0.4) is 0 Å². The van der Waals surface area contributed by atoms with Crippen molar-refractivity contribution in [2.75, 3.05) is 11.5 Å². The molecule has 0 saturated carbocycles. The molecule has 39 heavy (non-hydrogen) atoms. The van der Waals surface area contributed by atoms with Gasteiger partial charge in [0.1, 0.15) is 5.75 Å². The summed E-state index contributed by atoms with van der Waals surface area (Å²) in [4.78, 5) is 2.33. The zero-order valence-corrected chi connectivity index (χ0v) is 24.5. The lowest BCUT2D eigenvalue weighted by Crippen LogP contribution is -2.12. The quantitative estimate of drug-likeness (QED) is 0.174. The number of anilines is 3. The first-order valence-electron chi connectivity index (χ1n) is 14.7. The van der Waals surface area contributed by atoms with Gasteiger partial charge in [0.25, 0.3) is 0 Å². The molecule has 204 valence electrons. The van der Waals surface area contributed by atoms with Crippen LogP contribution in [0.25, 0.3) is 0 Å². The van der Waals surface area contributed by atoms with E-state index in [1.807, 2.05) is 0 Å². The lowest BCUT2D eigenvalue weighted by Gasteiger charge is -2.26. The maximum absolute atomic E-state index is 6.08. The van der Waals surface area contributed by atoms with Crippen LogP contribution in [0.2, 0.25) is 0 Å². The second-order valence-corrected chi connectivity index (χ2v) is 11.4. The number of ether oxygens (including phenoxy) is 1. The summed E-state index contributed by atoms with van der Waals surface area (Å²) in [5, 5.41) is 0. The van der Waals surface area contributed by atoms with E-state index in [-0.39, 0.29) is 0 Å². The van der Waals surface area contributed by atoms with Gasteiger partial charge in [-0.15, -0.1) is 0 Å². The Morgan fingerprint density at radius 2 is 1.03 bits per heavy atom. The Labute approximate surface area is 236 Å². The molecule has 2 unspecified atom stereocenters. The minimum Gasteiger partial charge on any atom is -0.493 e. The van der Waals surface area contributed by atoms with Gasteiger partial charge in [0.05, 0.1) is 6.61 Å². The van der Waals surface area contributed by atoms with Gasteiger partial charge in [-0.05, 0) is 105 Å². The molecular weight excluding hydrogens is 474 g/mol. The van der Waals surface area contributed by atoms with Crippen molar-refractivity contribution in [3.8, 4) is 5.75 Å². The average Bonchev–Trinajstić information content (AvgIpc) is 2.94. The van der Waals surface area contributed by atoms with Crippen LogP contribution in [0.1, 0.15) is 62.3 Å². The van der Waals surface area contributed by atoms with E-state index in [1.54, 1.807) is 0 Å². The van der Waals surface area contributed by atoms with E-state index in [0.29, 0.717) is 5.92 Å². The molecule has 0 fully saturated rings. The minimum absolute atomic E-state index is 0.585. The Morgan fingerprint density at radius 3 is 1.49 bits per heavy atom. The molecule has 2 atom stereocenters. The van der Waals surface area contributed by atoms with Crippen molar-refractivity contribution < 1.29 is 4.74 Å². The molecule has 0 N–H and O–H groups in total.